The van der Waals surface area contributed by atoms with Crippen LogP contribution >= 0.6 is 0 Å². The van der Waals surface area contributed by atoms with E-state index in [-0.39, 0.29) is 18.0 Å². The molecule has 0 aromatic heterocycles. The van der Waals surface area contributed by atoms with Crippen molar-refractivity contribution < 1.29 is 26.7 Å². The quantitative estimate of drug-likeness (QED) is 0.801. The first-order chi connectivity index (χ1) is 10.1. The summed E-state index contributed by atoms with van der Waals surface area (Å²) in [6, 6.07) is 0.519. The highest BCUT2D eigenvalue weighted by Crippen LogP contribution is 2.48. The first-order valence-electron chi connectivity index (χ1n) is 6.73. The number of hydrogen-bond acceptors (Lipinski definition) is 1. The number of hydrogen-bond donors (Lipinski definition) is 2. The van der Waals surface area contributed by atoms with E-state index in [0.717, 1.165) is 6.07 Å². The molecule has 3 nitrogen and oxygen atoms in total. The molecule has 2 rings (SSSR count). The standard InChI is InChI=1S/C14H15F5N2O/c1-7(2)5-6-13(14(17,18)19)10-9(20-12(22)21-13)4-3-8(15)11(10)16/h3-4,7H,5-6H2,1-2H3,(H2,20,21,22). The number of halogens is 5. The lowest BCUT2D eigenvalue weighted by Crippen LogP contribution is -2.60. The summed E-state index contributed by atoms with van der Waals surface area (Å²) in [5, 5.41) is 3.85. The van der Waals surface area contributed by atoms with Gasteiger partial charge in [0, 0.05) is 5.56 Å². The third-order valence-electron chi connectivity index (χ3n) is 3.68. The summed E-state index contributed by atoms with van der Waals surface area (Å²) in [5.41, 5.74) is -4.22. The number of alkyl halides is 3. The number of fused-ring (bicyclic) bond motifs is 1. The van der Waals surface area contributed by atoms with Crippen molar-refractivity contribution in [3.63, 3.8) is 0 Å². The molecule has 0 spiro atoms. The van der Waals surface area contributed by atoms with Crippen LogP contribution in [-0.4, -0.2) is 12.2 Å². The largest absolute Gasteiger partial charge is 0.416 e. The van der Waals surface area contributed by atoms with Gasteiger partial charge in [-0.2, -0.15) is 13.2 Å². The van der Waals surface area contributed by atoms with Crippen LogP contribution in [0.1, 0.15) is 32.3 Å². The predicted octanol–water partition coefficient (Wildman–Crippen LogP) is 4.29. The molecule has 1 aromatic carbocycles. The zero-order valence-corrected chi connectivity index (χ0v) is 11.9. The summed E-state index contributed by atoms with van der Waals surface area (Å²) in [6.07, 6.45) is -5.47. The Labute approximate surface area is 123 Å². The summed E-state index contributed by atoms with van der Waals surface area (Å²) in [6.45, 7) is 3.41. The molecular weight excluding hydrogens is 307 g/mol. The van der Waals surface area contributed by atoms with Gasteiger partial charge in [0.1, 0.15) is 0 Å². The molecule has 0 radical (unpaired) electrons. The maximum atomic E-state index is 14.1. The zero-order chi connectivity index (χ0) is 16.7. The molecule has 0 saturated carbocycles. The summed E-state index contributed by atoms with van der Waals surface area (Å²) in [4.78, 5) is 11.6. The van der Waals surface area contributed by atoms with Gasteiger partial charge < -0.3 is 10.6 Å². The Morgan fingerprint density at radius 3 is 2.41 bits per heavy atom. The van der Waals surface area contributed by atoms with Crippen molar-refractivity contribution >= 4 is 11.7 Å². The van der Waals surface area contributed by atoms with Gasteiger partial charge in [-0.25, -0.2) is 13.6 Å². The molecule has 122 valence electrons. The predicted molar refractivity (Wildman–Crippen MR) is 70.3 cm³/mol. The fraction of sp³-hybridized carbons (Fsp3) is 0.500. The van der Waals surface area contributed by atoms with Gasteiger partial charge in [-0.1, -0.05) is 13.8 Å². The van der Waals surface area contributed by atoms with Gasteiger partial charge in [-0.3, -0.25) is 0 Å². The smallest absolute Gasteiger partial charge is 0.320 e. The second kappa shape index (κ2) is 5.40. The van der Waals surface area contributed by atoms with Crippen LogP contribution in [0.4, 0.5) is 32.4 Å². The van der Waals surface area contributed by atoms with Gasteiger partial charge in [-0.15, -0.1) is 0 Å². The number of amides is 2. The molecule has 1 aliphatic heterocycles. The van der Waals surface area contributed by atoms with E-state index < -0.39 is 41.4 Å². The minimum atomic E-state index is -4.97. The van der Waals surface area contributed by atoms with Crippen LogP contribution in [0.2, 0.25) is 0 Å². The first-order valence-corrected chi connectivity index (χ1v) is 6.73. The lowest BCUT2D eigenvalue weighted by molar-refractivity contribution is -0.201. The fourth-order valence-electron chi connectivity index (χ4n) is 2.53. The average molecular weight is 322 g/mol. The van der Waals surface area contributed by atoms with Crippen LogP contribution in [0, 0.1) is 17.6 Å². The Kier molecular flexibility index (Phi) is 4.06. The molecule has 1 atom stereocenters. The Bertz CT molecular complexity index is 600. The number of rotatable bonds is 3. The lowest BCUT2D eigenvalue weighted by atomic mass is 9.80. The van der Waals surface area contributed by atoms with Crippen molar-refractivity contribution in [2.24, 2.45) is 5.92 Å². The van der Waals surface area contributed by atoms with Gasteiger partial charge in [0.05, 0.1) is 5.69 Å². The van der Waals surface area contributed by atoms with Gasteiger partial charge in [0.25, 0.3) is 0 Å². The van der Waals surface area contributed by atoms with Crippen LogP contribution in [0.25, 0.3) is 0 Å². The summed E-state index contributed by atoms with van der Waals surface area (Å²) < 4.78 is 68.6. The summed E-state index contributed by atoms with van der Waals surface area (Å²) in [5.74, 6) is -3.10. The second-order valence-corrected chi connectivity index (χ2v) is 5.70. The minimum absolute atomic E-state index is 0.0786. The van der Waals surface area contributed by atoms with Gasteiger partial charge in [-0.05, 0) is 30.9 Å². The SMILES string of the molecule is CC(C)CCC1(C(F)(F)F)NC(=O)Nc2ccc(F)c(F)c21. The fourth-order valence-corrected chi connectivity index (χ4v) is 2.53. The Morgan fingerprint density at radius 2 is 1.86 bits per heavy atom. The summed E-state index contributed by atoms with van der Waals surface area (Å²) >= 11 is 0. The molecule has 22 heavy (non-hydrogen) atoms. The highest BCUT2D eigenvalue weighted by molar-refractivity contribution is 5.94. The molecule has 1 aliphatic rings. The molecule has 8 heteroatoms. The number of carbonyl (C=O) groups is 1. The molecule has 2 N–H and O–H groups in total. The van der Waals surface area contributed by atoms with Gasteiger partial charge in [0.15, 0.2) is 17.2 Å². The van der Waals surface area contributed by atoms with Crippen molar-refractivity contribution in [2.45, 2.75) is 38.4 Å². The molecule has 0 saturated heterocycles. The maximum absolute atomic E-state index is 14.1. The summed E-state index contributed by atoms with van der Waals surface area (Å²) in [7, 11) is 0. The van der Waals surface area contributed by atoms with Gasteiger partial charge in [0.2, 0.25) is 0 Å². The third kappa shape index (κ3) is 2.62. The van der Waals surface area contributed by atoms with E-state index >= 15 is 0 Å². The van der Waals surface area contributed by atoms with Crippen molar-refractivity contribution in [3.05, 3.63) is 29.3 Å². The van der Waals surface area contributed by atoms with E-state index in [1.807, 2.05) is 0 Å². The van der Waals surface area contributed by atoms with Crippen LogP contribution in [0.3, 0.4) is 0 Å². The van der Waals surface area contributed by atoms with Crippen molar-refractivity contribution in [1.82, 2.24) is 5.32 Å². The van der Waals surface area contributed by atoms with E-state index in [1.165, 1.54) is 0 Å². The highest BCUT2D eigenvalue weighted by atomic mass is 19.4. The van der Waals surface area contributed by atoms with Crippen molar-refractivity contribution in [1.29, 1.82) is 0 Å². The van der Waals surface area contributed by atoms with E-state index in [1.54, 1.807) is 19.2 Å². The number of anilines is 1. The van der Waals surface area contributed by atoms with Crippen molar-refractivity contribution in [2.75, 3.05) is 5.32 Å². The molecule has 0 aliphatic carbocycles. The van der Waals surface area contributed by atoms with Crippen LogP contribution in [-0.2, 0) is 5.54 Å². The average Bonchev–Trinajstić information content (AvgIpc) is 2.38. The second-order valence-electron chi connectivity index (χ2n) is 5.70. The molecular formula is C14H15F5N2O. The normalized spacial score (nSPS) is 21.4. The van der Waals surface area contributed by atoms with Crippen LogP contribution in [0.15, 0.2) is 12.1 Å². The van der Waals surface area contributed by atoms with Crippen LogP contribution in [0.5, 0.6) is 0 Å². The Balaban J connectivity index is 2.68. The molecule has 0 bridgehead atoms. The number of urea groups is 1. The van der Waals surface area contributed by atoms with E-state index in [2.05, 4.69) is 5.32 Å². The number of benzene rings is 1. The monoisotopic (exact) mass is 322 g/mol. The maximum Gasteiger partial charge on any atom is 0.416 e. The Hall–Kier alpha value is -1.86. The Morgan fingerprint density at radius 1 is 1.23 bits per heavy atom. The molecule has 2 amide bonds. The van der Waals surface area contributed by atoms with Gasteiger partial charge >= 0.3 is 12.2 Å². The third-order valence-corrected chi connectivity index (χ3v) is 3.68. The topological polar surface area (TPSA) is 41.1 Å². The minimum Gasteiger partial charge on any atom is -0.320 e. The first kappa shape index (κ1) is 16.5. The molecule has 1 unspecified atom stereocenters. The molecule has 0 fully saturated rings. The lowest BCUT2D eigenvalue weighted by Gasteiger charge is -2.41. The van der Waals surface area contributed by atoms with Crippen LogP contribution < -0.4 is 10.6 Å². The van der Waals surface area contributed by atoms with E-state index in [4.69, 9.17) is 0 Å². The van der Waals surface area contributed by atoms with Crippen molar-refractivity contribution in [3.8, 4) is 0 Å². The van der Waals surface area contributed by atoms with E-state index in [9.17, 15) is 26.7 Å². The number of nitrogens with one attached hydrogen (secondary N) is 2. The zero-order valence-electron chi connectivity index (χ0n) is 11.9. The molecule has 1 aromatic rings. The molecule has 1 heterocycles. The van der Waals surface area contributed by atoms with E-state index in [0.29, 0.717) is 6.07 Å². The number of carbonyl (C=O) groups excluding carboxylic acids is 1. The highest BCUT2D eigenvalue weighted by Gasteiger charge is 2.60.